The van der Waals surface area contributed by atoms with E-state index in [4.69, 9.17) is 4.74 Å². The van der Waals surface area contributed by atoms with Crippen molar-refractivity contribution in [3.63, 3.8) is 0 Å². The van der Waals surface area contributed by atoms with E-state index in [9.17, 15) is 13.6 Å². The van der Waals surface area contributed by atoms with Crippen LogP contribution in [0.2, 0.25) is 0 Å². The maximum absolute atomic E-state index is 13.8. The lowest BCUT2D eigenvalue weighted by Crippen LogP contribution is -2.50. The zero-order chi connectivity index (χ0) is 16.6. The highest BCUT2D eigenvalue weighted by atomic mass is 32.1. The van der Waals surface area contributed by atoms with E-state index in [1.165, 1.54) is 23.6 Å². The Labute approximate surface area is 136 Å². The largest absolute Gasteiger partial charge is 0.375 e. The second kappa shape index (κ2) is 6.33. The van der Waals surface area contributed by atoms with Crippen LogP contribution in [0.3, 0.4) is 0 Å². The molecule has 2 heterocycles. The van der Waals surface area contributed by atoms with E-state index >= 15 is 0 Å². The fourth-order valence-corrected chi connectivity index (χ4v) is 3.36. The first kappa shape index (κ1) is 16.0. The molecule has 1 aliphatic rings. The van der Waals surface area contributed by atoms with Crippen LogP contribution < -0.4 is 0 Å². The average Bonchev–Trinajstić information content (AvgIpc) is 2.98. The third-order valence-corrected chi connectivity index (χ3v) is 4.63. The quantitative estimate of drug-likeness (QED) is 0.843. The molecule has 0 spiro atoms. The van der Waals surface area contributed by atoms with Crippen LogP contribution in [0.4, 0.5) is 8.78 Å². The fraction of sp³-hybridized carbons (Fsp3) is 0.375. The van der Waals surface area contributed by atoms with Gasteiger partial charge < -0.3 is 9.64 Å². The summed E-state index contributed by atoms with van der Waals surface area (Å²) in [6, 6.07) is 3.58. The van der Waals surface area contributed by atoms with Crippen molar-refractivity contribution in [1.29, 1.82) is 0 Å². The highest BCUT2D eigenvalue weighted by Gasteiger charge is 2.30. The van der Waals surface area contributed by atoms with Crippen molar-refractivity contribution >= 4 is 17.2 Å². The first-order chi connectivity index (χ1) is 11.0. The predicted octanol–water partition coefficient (Wildman–Crippen LogP) is 3.34. The Morgan fingerprint density at radius 2 is 2.04 bits per heavy atom. The van der Waals surface area contributed by atoms with Crippen molar-refractivity contribution in [1.82, 2.24) is 9.88 Å². The second-order valence-corrected chi connectivity index (χ2v) is 6.44. The number of hydrogen-bond donors (Lipinski definition) is 0. The molecule has 3 rings (SSSR count). The van der Waals surface area contributed by atoms with E-state index in [-0.39, 0.29) is 34.3 Å². The molecular weight excluding hydrogens is 322 g/mol. The van der Waals surface area contributed by atoms with Crippen LogP contribution in [-0.2, 0) is 4.74 Å². The number of aromatic nitrogens is 1. The lowest BCUT2D eigenvalue weighted by atomic mass is 10.2. The van der Waals surface area contributed by atoms with E-state index in [0.29, 0.717) is 13.2 Å². The molecule has 1 amide bonds. The number of thiazole rings is 1. The number of benzene rings is 1. The van der Waals surface area contributed by atoms with Gasteiger partial charge in [-0.2, -0.15) is 0 Å². The Balaban J connectivity index is 1.88. The summed E-state index contributed by atoms with van der Waals surface area (Å²) in [4.78, 5) is 18.4. The maximum atomic E-state index is 13.8. The van der Waals surface area contributed by atoms with Gasteiger partial charge in [-0.25, -0.2) is 13.8 Å². The summed E-state index contributed by atoms with van der Waals surface area (Å²) in [5, 5.41) is 1.70. The maximum Gasteiger partial charge on any atom is 0.273 e. The molecule has 0 unspecified atom stereocenters. The van der Waals surface area contributed by atoms with Crippen molar-refractivity contribution < 1.29 is 18.3 Å². The minimum atomic E-state index is -0.688. The van der Waals surface area contributed by atoms with Crippen molar-refractivity contribution in [2.45, 2.75) is 26.0 Å². The molecule has 1 aromatic carbocycles. The lowest BCUT2D eigenvalue weighted by molar-refractivity contribution is -0.0388. The average molecular weight is 338 g/mol. The van der Waals surface area contributed by atoms with Crippen LogP contribution >= 0.6 is 11.3 Å². The normalized spacial score (nSPS) is 21.5. The molecule has 1 aliphatic heterocycles. The molecule has 2 atom stereocenters. The second-order valence-electron chi connectivity index (χ2n) is 5.59. The number of carbonyl (C=O) groups is 1. The standard InChI is InChI=1S/C16H16F2N2O2S/c1-9-7-22-10(2)6-20(9)16(21)13-8-23-15(19-13)14-11(17)4-3-5-12(14)18/h3-5,8-10H,6-7H2,1-2H3/t9-,10+/m0/s1. The molecule has 0 bridgehead atoms. The summed E-state index contributed by atoms with van der Waals surface area (Å²) in [5.74, 6) is -1.62. The van der Waals surface area contributed by atoms with Crippen LogP contribution in [0.1, 0.15) is 24.3 Å². The van der Waals surface area contributed by atoms with Gasteiger partial charge in [-0.1, -0.05) is 6.07 Å². The van der Waals surface area contributed by atoms with Gasteiger partial charge >= 0.3 is 0 Å². The van der Waals surface area contributed by atoms with Crippen LogP contribution in [0, 0.1) is 11.6 Å². The summed E-state index contributed by atoms with van der Waals surface area (Å²) in [6.07, 6.45) is -0.0442. The summed E-state index contributed by atoms with van der Waals surface area (Å²) >= 11 is 1.06. The number of nitrogens with zero attached hydrogens (tertiary/aromatic N) is 2. The van der Waals surface area contributed by atoms with Gasteiger partial charge in [0, 0.05) is 11.9 Å². The molecule has 0 aliphatic carbocycles. The minimum absolute atomic E-state index is 0.0442. The SMILES string of the molecule is C[C@@H]1CN(C(=O)c2csc(-c3c(F)cccc3F)n2)[C@@H](C)CO1. The highest BCUT2D eigenvalue weighted by molar-refractivity contribution is 7.13. The number of halogens is 2. The first-order valence-electron chi connectivity index (χ1n) is 7.30. The molecule has 0 N–H and O–H groups in total. The summed E-state index contributed by atoms with van der Waals surface area (Å²) in [7, 11) is 0. The van der Waals surface area contributed by atoms with Crippen molar-refractivity contribution in [3.05, 3.63) is 40.9 Å². The molecule has 0 radical (unpaired) electrons. The van der Waals surface area contributed by atoms with Crippen LogP contribution in [0.15, 0.2) is 23.6 Å². The Bertz CT molecular complexity index is 714. The molecule has 7 heteroatoms. The number of hydrogen-bond acceptors (Lipinski definition) is 4. The Morgan fingerprint density at radius 1 is 1.35 bits per heavy atom. The van der Waals surface area contributed by atoms with E-state index in [0.717, 1.165) is 11.3 Å². The van der Waals surface area contributed by atoms with Gasteiger partial charge in [0.1, 0.15) is 22.3 Å². The zero-order valence-corrected chi connectivity index (χ0v) is 13.6. The van der Waals surface area contributed by atoms with Crippen molar-refractivity contribution in [2.75, 3.05) is 13.2 Å². The third-order valence-electron chi connectivity index (χ3n) is 3.77. The van der Waals surface area contributed by atoms with Gasteiger partial charge in [0.2, 0.25) is 0 Å². The smallest absolute Gasteiger partial charge is 0.273 e. The van der Waals surface area contributed by atoms with E-state index in [2.05, 4.69) is 4.98 Å². The summed E-state index contributed by atoms with van der Waals surface area (Å²) < 4.78 is 33.2. The third kappa shape index (κ3) is 3.11. The number of carbonyl (C=O) groups excluding carboxylic acids is 1. The number of ether oxygens (including phenoxy) is 1. The molecular formula is C16H16F2N2O2S. The molecule has 2 aromatic rings. The van der Waals surface area contributed by atoms with Crippen molar-refractivity contribution in [2.24, 2.45) is 0 Å². The van der Waals surface area contributed by atoms with Gasteiger partial charge in [0.25, 0.3) is 5.91 Å². The lowest BCUT2D eigenvalue weighted by Gasteiger charge is -2.36. The minimum Gasteiger partial charge on any atom is -0.375 e. The topological polar surface area (TPSA) is 42.4 Å². The molecule has 1 aromatic heterocycles. The van der Waals surface area contributed by atoms with E-state index < -0.39 is 11.6 Å². The van der Waals surface area contributed by atoms with Crippen LogP contribution in [0.5, 0.6) is 0 Å². The number of rotatable bonds is 2. The fourth-order valence-electron chi connectivity index (χ4n) is 2.52. The van der Waals surface area contributed by atoms with Gasteiger partial charge in [0.05, 0.1) is 24.3 Å². The molecule has 1 saturated heterocycles. The van der Waals surface area contributed by atoms with Gasteiger partial charge in [0.15, 0.2) is 0 Å². The molecule has 0 saturated carbocycles. The van der Waals surface area contributed by atoms with Gasteiger partial charge in [-0.3, -0.25) is 4.79 Å². The molecule has 4 nitrogen and oxygen atoms in total. The number of amides is 1. The Kier molecular flexibility index (Phi) is 4.41. The number of morpholine rings is 1. The van der Waals surface area contributed by atoms with Crippen LogP contribution in [-0.4, -0.2) is 41.1 Å². The zero-order valence-electron chi connectivity index (χ0n) is 12.8. The molecule has 122 valence electrons. The Hall–Kier alpha value is -1.86. The van der Waals surface area contributed by atoms with Crippen molar-refractivity contribution in [3.8, 4) is 10.6 Å². The summed E-state index contributed by atoms with van der Waals surface area (Å²) in [5.41, 5.74) is 0.00791. The first-order valence-corrected chi connectivity index (χ1v) is 8.18. The van der Waals surface area contributed by atoms with Gasteiger partial charge in [-0.15, -0.1) is 11.3 Å². The monoisotopic (exact) mass is 338 g/mol. The van der Waals surface area contributed by atoms with Crippen LogP contribution in [0.25, 0.3) is 10.6 Å². The Morgan fingerprint density at radius 3 is 2.74 bits per heavy atom. The molecule has 23 heavy (non-hydrogen) atoms. The highest BCUT2D eigenvalue weighted by Crippen LogP contribution is 2.29. The van der Waals surface area contributed by atoms with Gasteiger partial charge in [-0.05, 0) is 26.0 Å². The molecule has 1 fully saturated rings. The predicted molar refractivity (Wildman–Crippen MR) is 83.4 cm³/mol. The van der Waals surface area contributed by atoms with E-state index in [1.807, 2.05) is 13.8 Å². The summed E-state index contributed by atoms with van der Waals surface area (Å²) in [6.45, 7) is 4.73. The van der Waals surface area contributed by atoms with E-state index in [1.54, 1.807) is 4.90 Å².